The van der Waals surface area contributed by atoms with Gasteiger partial charge in [0, 0.05) is 6.61 Å². The highest BCUT2D eigenvalue weighted by atomic mass is 16.7. The Balaban J connectivity index is 1.62. The molecule has 3 rings (SSSR count). The van der Waals surface area contributed by atoms with Gasteiger partial charge in [0.1, 0.15) is 0 Å². The van der Waals surface area contributed by atoms with Crippen LogP contribution in [0.4, 0.5) is 0 Å². The summed E-state index contributed by atoms with van der Waals surface area (Å²) in [6.45, 7) is 9.27. The molecule has 1 aromatic rings. The van der Waals surface area contributed by atoms with Crippen molar-refractivity contribution in [3.8, 4) is 0 Å². The van der Waals surface area contributed by atoms with Gasteiger partial charge >= 0.3 is 7.12 Å². The first kappa shape index (κ1) is 16.0. The predicted molar refractivity (Wildman–Crippen MR) is 89.0 cm³/mol. The van der Waals surface area contributed by atoms with Gasteiger partial charge in [-0.15, -0.1) is 0 Å². The number of hydrogen-bond donors (Lipinski definition) is 0. The fraction of sp³-hybridized carbons (Fsp3) is 0.667. The molecule has 2 aliphatic rings. The van der Waals surface area contributed by atoms with Crippen molar-refractivity contribution in [2.24, 2.45) is 0 Å². The smallest absolute Gasteiger partial charge is 0.403 e. The minimum absolute atomic E-state index is 0.104. The molecule has 2 heterocycles. The van der Waals surface area contributed by atoms with E-state index in [0.29, 0.717) is 5.82 Å². The summed E-state index contributed by atoms with van der Waals surface area (Å²) < 4.78 is 18.4. The van der Waals surface area contributed by atoms with Crippen LogP contribution in [0.1, 0.15) is 46.1 Å². The lowest BCUT2D eigenvalue weighted by atomic mass is 9.66. The lowest BCUT2D eigenvalue weighted by molar-refractivity contribution is 0.00578. The summed E-state index contributed by atoms with van der Waals surface area (Å²) in [5, 5.41) is 0. The second-order valence-electron chi connectivity index (χ2n) is 7.59. The summed E-state index contributed by atoms with van der Waals surface area (Å²) in [6.07, 6.45) is 3.25. The molecule has 2 aliphatic heterocycles. The van der Waals surface area contributed by atoms with Gasteiger partial charge in [-0.25, -0.2) is 0 Å². The second-order valence-corrected chi connectivity index (χ2v) is 7.59. The van der Waals surface area contributed by atoms with Crippen LogP contribution in [0.5, 0.6) is 0 Å². The van der Waals surface area contributed by atoms with Gasteiger partial charge in [0.05, 0.1) is 17.3 Å². The predicted octanol–water partition coefficient (Wildman–Crippen LogP) is 3.87. The summed E-state index contributed by atoms with van der Waals surface area (Å²) in [5.41, 5.74) is 0.845. The van der Waals surface area contributed by atoms with E-state index in [9.17, 15) is 0 Å². The molecule has 120 valence electrons. The Morgan fingerprint density at radius 2 is 1.68 bits per heavy atom. The monoisotopic (exact) mass is 302 g/mol. The van der Waals surface area contributed by atoms with E-state index in [1.54, 1.807) is 0 Å². The molecular weight excluding hydrogens is 275 g/mol. The molecule has 0 bridgehead atoms. The van der Waals surface area contributed by atoms with Crippen LogP contribution in [0, 0.1) is 0 Å². The van der Waals surface area contributed by atoms with Gasteiger partial charge in [-0.2, -0.15) is 0 Å². The number of rotatable bonds is 3. The van der Waals surface area contributed by atoms with Gasteiger partial charge in [0.2, 0.25) is 0 Å². The largest absolute Gasteiger partial charge is 0.461 e. The molecule has 2 saturated heterocycles. The molecular formula is C18H27BO3. The zero-order valence-corrected chi connectivity index (χ0v) is 14.2. The Hall–Kier alpha value is -0.835. The number of benzene rings is 1. The van der Waals surface area contributed by atoms with Crippen LogP contribution in [0.3, 0.4) is 0 Å². The maximum absolute atomic E-state index is 6.22. The third-order valence-corrected chi connectivity index (χ3v) is 5.37. The summed E-state index contributed by atoms with van der Waals surface area (Å²) in [7, 11) is -0.104. The van der Waals surface area contributed by atoms with Crippen molar-refractivity contribution in [2.45, 2.75) is 70.1 Å². The number of ether oxygens (including phenoxy) is 1. The van der Waals surface area contributed by atoms with Gasteiger partial charge in [-0.05, 0) is 58.3 Å². The van der Waals surface area contributed by atoms with E-state index in [2.05, 4.69) is 58.0 Å². The molecule has 0 N–H and O–H groups in total. The summed E-state index contributed by atoms with van der Waals surface area (Å²) in [6, 6.07) is 10.6. The zero-order chi connectivity index (χ0) is 15.8. The molecule has 22 heavy (non-hydrogen) atoms. The molecule has 4 heteroatoms. The average Bonchev–Trinajstić information content (AvgIpc) is 2.69. The zero-order valence-electron chi connectivity index (χ0n) is 14.2. The van der Waals surface area contributed by atoms with Crippen molar-refractivity contribution < 1.29 is 14.0 Å². The van der Waals surface area contributed by atoms with Crippen molar-refractivity contribution in [1.82, 2.24) is 0 Å². The Labute approximate surface area is 134 Å². The fourth-order valence-electron chi connectivity index (χ4n) is 3.26. The minimum Gasteiger partial charge on any atom is -0.403 e. The molecule has 0 unspecified atom stereocenters. The van der Waals surface area contributed by atoms with E-state index in [0.717, 1.165) is 25.9 Å². The molecule has 0 aromatic heterocycles. The molecule has 0 aliphatic carbocycles. The van der Waals surface area contributed by atoms with E-state index >= 15 is 0 Å². The van der Waals surface area contributed by atoms with Gasteiger partial charge in [-0.3, -0.25) is 0 Å². The van der Waals surface area contributed by atoms with E-state index in [-0.39, 0.29) is 24.4 Å². The maximum atomic E-state index is 6.22. The molecule has 2 fully saturated rings. The van der Waals surface area contributed by atoms with Gasteiger partial charge in [0.15, 0.2) is 0 Å². The number of hydrogen-bond acceptors (Lipinski definition) is 3. The molecule has 2 atom stereocenters. The molecule has 0 saturated carbocycles. The van der Waals surface area contributed by atoms with Crippen LogP contribution >= 0.6 is 0 Å². The normalized spacial score (nSPS) is 30.5. The highest BCUT2D eigenvalue weighted by Gasteiger charge is 2.54. The van der Waals surface area contributed by atoms with Crippen molar-refractivity contribution >= 4 is 7.12 Å². The van der Waals surface area contributed by atoms with Gasteiger partial charge < -0.3 is 14.0 Å². The van der Waals surface area contributed by atoms with Crippen LogP contribution in [0.2, 0.25) is 5.82 Å². The molecule has 0 spiro atoms. The van der Waals surface area contributed by atoms with E-state index in [1.165, 1.54) is 5.56 Å². The van der Waals surface area contributed by atoms with Crippen LogP contribution in [0.25, 0.3) is 0 Å². The van der Waals surface area contributed by atoms with Crippen LogP contribution < -0.4 is 0 Å². The lowest BCUT2D eigenvalue weighted by Crippen LogP contribution is -2.41. The van der Waals surface area contributed by atoms with E-state index < -0.39 is 0 Å². The third-order valence-electron chi connectivity index (χ3n) is 5.37. The Bertz CT molecular complexity index is 484. The van der Waals surface area contributed by atoms with Crippen LogP contribution in [-0.4, -0.2) is 31.0 Å². The van der Waals surface area contributed by atoms with Gasteiger partial charge in [-0.1, -0.05) is 30.3 Å². The first-order valence-corrected chi connectivity index (χ1v) is 8.38. The van der Waals surface area contributed by atoms with Crippen molar-refractivity contribution in [1.29, 1.82) is 0 Å². The second kappa shape index (κ2) is 5.99. The Morgan fingerprint density at radius 3 is 2.32 bits per heavy atom. The van der Waals surface area contributed by atoms with E-state index in [1.807, 2.05) is 0 Å². The molecule has 1 aromatic carbocycles. The summed E-state index contributed by atoms with van der Waals surface area (Å²) in [4.78, 5) is 0. The minimum atomic E-state index is -0.245. The van der Waals surface area contributed by atoms with Crippen molar-refractivity contribution in [3.63, 3.8) is 0 Å². The van der Waals surface area contributed by atoms with Crippen molar-refractivity contribution in [2.75, 3.05) is 6.61 Å². The summed E-state index contributed by atoms with van der Waals surface area (Å²) >= 11 is 0. The van der Waals surface area contributed by atoms with Gasteiger partial charge in [0.25, 0.3) is 0 Å². The molecule has 0 radical (unpaired) electrons. The average molecular weight is 302 g/mol. The summed E-state index contributed by atoms with van der Waals surface area (Å²) in [5.74, 6) is 0.420. The quantitative estimate of drug-likeness (QED) is 0.793. The lowest BCUT2D eigenvalue weighted by Gasteiger charge is -2.32. The fourth-order valence-corrected chi connectivity index (χ4v) is 3.26. The first-order chi connectivity index (χ1) is 10.4. The Kier molecular flexibility index (Phi) is 4.37. The first-order valence-electron chi connectivity index (χ1n) is 8.38. The van der Waals surface area contributed by atoms with Crippen LogP contribution in [-0.2, 0) is 20.5 Å². The van der Waals surface area contributed by atoms with E-state index in [4.69, 9.17) is 14.0 Å². The van der Waals surface area contributed by atoms with Crippen LogP contribution in [0.15, 0.2) is 30.3 Å². The third kappa shape index (κ3) is 3.24. The highest BCUT2D eigenvalue weighted by molar-refractivity contribution is 6.47. The topological polar surface area (TPSA) is 27.7 Å². The Morgan fingerprint density at radius 1 is 1.05 bits per heavy atom. The molecule has 3 nitrogen and oxygen atoms in total. The molecule has 0 amide bonds. The maximum Gasteiger partial charge on any atom is 0.461 e. The highest BCUT2D eigenvalue weighted by Crippen LogP contribution is 2.43. The standard InChI is InChI=1S/C18H27BO3/c1-17(2)18(3,4)22-19(21-17)15-10-11-20-16(13-15)12-14-8-6-5-7-9-14/h5-9,15-16H,10-13H2,1-4H3/t15-,16-/m1/s1. The SMILES string of the molecule is CC1(C)OB([C@@H]2CCO[C@H](Cc3ccccc3)C2)OC1(C)C. The van der Waals surface area contributed by atoms with Crippen molar-refractivity contribution in [3.05, 3.63) is 35.9 Å².